The van der Waals surface area contributed by atoms with Crippen LogP contribution in [0.4, 0.5) is 0 Å². The Kier molecular flexibility index (Phi) is 3.10. The lowest BCUT2D eigenvalue weighted by Gasteiger charge is -2.08. The molecule has 1 aromatic carbocycles. The fourth-order valence-corrected chi connectivity index (χ4v) is 1.81. The maximum absolute atomic E-state index is 11.6. The summed E-state index contributed by atoms with van der Waals surface area (Å²) in [4.78, 5) is 14.2. The SMILES string of the molecule is COc1cccc(-c2cc(=S)[nH]c(=O)n2C)c1. The molecule has 0 spiro atoms. The lowest BCUT2D eigenvalue weighted by atomic mass is 10.1. The molecule has 0 atom stereocenters. The third kappa shape index (κ3) is 2.29. The Balaban J connectivity index is 2.68. The second-order valence-corrected chi connectivity index (χ2v) is 4.05. The molecule has 2 rings (SSSR count). The number of H-pyrrole nitrogens is 1. The quantitative estimate of drug-likeness (QED) is 0.828. The van der Waals surface area contributed by atoms with Gasteiger partial charge in [0.25, 0.3) is 0 Å². The third-order valence-corrected chi connectivity index (χ3v) is 2.75. The lowest BCUT2D eigenvalue weighted by molar-refractivity contribution is 0.415. The predicted molar refractivity (Wildman–Crippen MR) is 68.9 cm³/mol. The molecular weight excluding hydrogens is 236 g/mol. The average molecular weight is 248 g/mol. The van der Waals surface area contributed by atoms with E-state index in [1.165, 1.54) is 4.57 Å². The van der Waals surface area contributed by atoms with Crippen molar-refractivity contribution in [1.82, 2.24) is 9.55 Å². The van der Waals surface area contributed by atoms with Crippen LogP contribution in [0.15, 0.2) is 35.1 Å². The molecule has 0 amide bonds. The van der Waals surface area contributed by atoms with E-state index in [1.54, 1.807) is 20.2 Å². The molecule has 0 aliphatic rings. The predicted octanol–water partition coefficient (Wildman–Crippen LogP) is 2.12. The third-order valence-electron chi connectivity index (χ3n) is 2.53. The van der Waals surface area contributed by atoms with Gasteiger partial charge in [-0.1, -0.05) is 24.4 Å². The number of ether oxygens (including phenoxy) is 1. The second kappa shape index (κ2) is 4.55. The van der Waals surface area contributed by atoms with Gasteiger partial charge in [0.1, 0.15) is 10.4 Å². The largest absolute Gasteiger partial charge is 0.497 e. The van der Waals surface area contributed by atoms with Crippen molar-refractivity contribution < 1.29 is 4.74 Å². The molecule has 1 aromatic heterocycles. The average Bonchev–Trinajstić information content (AvgIpc) is 2.34. The molecule has 0 unspecified atom stereocenters. The summed E-state index contributed by atoms with van der Waals surface area (Å²) in [6.45, 7) is 0. The van der Waals surface area contributed by atoms with E-state index < -0.39 is 0 Å². The Labute approximate surface area is 104 Å². The Morgan fingerprint density at radius 2 is 2.12 bits per heavy atom. The topological polar surface area (TPSA) is 47.0 Å². The molecule has 0 aliphatic heterocycles. The van der Waals surface area contributed by atoms with Crippen molar-refractivity contribution in [3.05, 3.63) is 45.5 Å². The van der Waals surface area contributed by atoms with Gasteiger partial charge in [-0.05, 0) is 18.2 Å². The summed E-state index contributed by atoms with van der Waals surface area (Å²) in [5.74, 6) is 0.744. The van der Waals surface area contributed by atoms with Crippen LogP contribution in [0.5, 0.6) is 5.75 Å². The summed E-state index contributed by atoms with van der Waals surface area (Å²) in [7, 11) is 3.30. The molecule has 0 aliphatic carbocycles. The Hall–Kier alpha value is -1.88. The van der Waals surface area contributed by atoms with Crippen molar-refractivity contribution in [2.45, 2.75) is 0 Å². The van der Waals surface area contributed by atoms with E-state index in [0.29, 0.717) is 4.64 Å². The van der Waals surface area contributed by atoms with Crippen LogP contribution in [-0.2, 0) is 7.05 Å². The van der Waals surface area contributed by atoms with Crippen LogP contribution in [0.25, 0.3) is 11.3 Å². The van der Waals surface area contributed by atoms with Gasteiger partial charge < -0.3 is 4.74 Å². The van der Waals surface area contributed by atoms with Crippen LogP contribution in [0, 0.1) is 4.64 Å². The molecule has 88 valence electrons. The summed E-state index contributed by atoms with van der Waals surface area (Å²) >= 11 is 5.01. The van der Waals surface area contributed by atoms with Crippen LogP contribution in [0.3, 0.4) is 0 Å². The summed E-state index contributed by atoms with van der Waals surface area (Å²) < 4.78 is 7.10. The molecule has 5 heteroatoms. The number of aromatic amines is 1. The number of nitrogens with zero attached hydrogens (tertiary/aromatic N) is 1. The van der Waals surface area contributed by atoms with E-state index in [4.69, 9.17) is 17.0 Å². The van der Waals surface area contributed by atoms with E-state index in [-0.39, 0.29) is 5.69 Å². The monoisotopic (exact) mass is 248 g/mol. The summed E-state index contributed by atoms with van der Waals surface area (Å²) in [5.41, 5.74) is 1.43. The number of benzene rings is 1. The first kappa shape index (κ1) is 11.6. The maximum Gasteiger partial charge on any atom is 0.326 e. The minimum atomic E-state index is -0.227. The van der Waals surface area contributed by atoms with Gasteiger partial charge in [0.05, 0.1) is 12.8 Å². The highest BCUT2D eigenvalue weighted by Crippen LogP contribution is 2.22. The zero-order chi connectivity index (χ0) is 12.4. The highest BCUT2D eigenvalue weighted by Gasteiger charge is 2.04. The summed E-state index contributed by atoms with van der Waals surface area (Å²) in [5, 5.41) is 0. The van der Waals surface area contributed by atoms with Crippen LogP contribution in [0.1, 0.15) is 0 Å². The van der Waals surface area contributed by atoms with Crippen molar-refractivity contribution >= 4 is 12.2 Å². The fourth-order valence-electron chi connectivity index (χ4n) is 1.62. The van der Waals surface area contributed by atoms with Crippen LogP contribution >= 0.6 is 12.2 Å². The van der Waals surface area contributed by atoms with Gasteiger partial charge in [-0.2, -0.15) is 0 Å². The Morgan fingerprint density at radius 3 is 2.82 bits per heavy atom. The fraction of sp³-hybridized carbons (Fsp3) is 0.167. The van der Waals surface area contributed by atoms with Gasteiger partial charge in [-0.25, -0.2) is 4.79 Å². The van der Waals surface area contributed by atoms with Crippen LogP contribution < -0.4 is 10.4 Å². The van der Waals surface area contributed by atoms with Gasteiger partial charge in [0.2, 0.25) is 0 Å². The van der Waals surface area contributed by atoms with Gasteiger partial charge in [-0.15, -0.1) is 0 Å². The molecule has 2 aromatic rings. The molecule has 17 heavy (non-hydrogen) atoms. The second-order valence-electron chi connectivity index (χ2n) is 3.61. The van der Waals surface area contributed by atoms with Gasteiger partial charge in [-0.3, -0.25) is 9.55 Å². The Morgan fingerprint density at radius 1 is 1.35 bits per heavy atom. The van der Waals surface area contributed by atoms with Crippen molar-refractivity contribution in [1.29, 1.82) is 0 Å². The maximum atomic E-state index is 11.6. The number of rotatable bonds is 2. The molecule has 1 heterocycles. The molecule has 0 saturated heterocycles. The van der Waals surface area contributed by atoms with Gasteiger partial charge in [0.15, 0.2) is 0 Å². The van der Waals surface area contributed by atoms with Crippen molar-refractivity contribution in [3.8, 4) is 17.0 Å². The molecular formula is C12H12N2O2S. The number of aromatic nitrogens is 2. The minimum Gasteiger partial charge on any atom is -0.497 e. The highest BCUT2D eigenvalue weighted by atomic mass is 32.1. The summed E-state index contributed by atoms with van der Waals surface area (Å²) in [6.07, 6.45) is 0. The van der Waals surface area contributed by atoms with Crippen molar-refractivity contribution in [3.63, 3.8) is 0 Å². The van der Waals surface area contributed by atoms with E-state index in [9.17, 15) is 4.79 Å². The van der Waals surface area contributed by atoms with E-state index >= 15 is 0 Å². The molecule has 0 fully saturated rings. The van der Waals surface area contributed by atoms with E-state index in [2.05, 4.69) is 4.98 Å². The minimum absolute atomic E-state index is 0.227. The van der Waals surface area contributed by atoms with Crippen LogP contribution in [0.2, 0.25) is 0 Å². The highest BCUT2D eigenvalue weighted by molar-refractivity contribution is 7.71. The summed E-state index contributed by atoms with van der Waals surface area (Å²) in [6, 6.07) is 9.25. The number of hydrogen-bond acceptors (Lipinski definition) is 3. The zero-order valence-corrected chi connectivity index (χ0v) is 10.4. The normalized spacial score (nSPS) is 10.2. The van der Waals surface area contributed by atoms with E-state index in [1.807, 2.05) is 24.3 Å². The van der Waals surface area contributed by atoms with Crippen LogP contribution in [-0.4, -0.2) is 16.7 Å². The van der Waals surface area contributed by atoms with E-state index in [0.717, 1.165) is 17.0 Å². The van der Waals surface area contributed by atoms with Gasteiger partial charge >= 0.3 is 5.69 Å². The zero-order valence-electron chi connectivity index (χ0n) is 9.56. The molecule has 0 bridgehead atoms. The molecule has 4 nitrogen and oxygen atoms in total. The molecule has 1 N–H and O–H groups in total. The first-order valence-electron chi connectivity index (χ1n) is 5.06. The number of methoxy groups -OCH3 is 1. The van der Waals surface area contributed by atoms with Gasteiger partial charge in [0, 0.05) is 12.6 Å². The Bertz CT molecular complexity index is 658. The van der Waals surface area contributed by atoms with Crippen molar-refractivity contribution in [2.24, 2.45) is 7.05 Å². The lowest BCUT2D eigenvalue weighted by Crippen LogP contribution is -2.21. The standard InChI is InChI=1S/C12H12N2O2S/c1-14-10(7-11(17)13-12(14)15)8-4-3-5-9(6-8)16-2/h3-7H,1-2H3,(H,13,15,17). The molecule has 0 radical (unpaired) electrons. The number of nitrogens with one attached hydrogen (secondary N) is 1. The number of hydrogen-bond donors (Lipinski definition) is 1. The molecule has 0 saturated carbocycles. The first-order valence-corrected chi connectivity index (χ1v) is 5.47. The van der Waals surface area contributed by atoms with Crippen molar-refractivity contribution in [2.75, 3.05) is 7.11 Å². The smallest absolute Gasteiger partial charge is 0.326 e. The first-order chi connectivity index (χ1) is 8.11.